The predicted octanol–water partition coefficient (Wildman–Crippen LogP) is 4.83. The van der Waals surface area contributed by atoms with Gasteiger partial charge in [0.15, 0.2) is 0 Å². The fourth-order valence-electron chi connectivity index (χ4n) is 4.02. The van der Waals surface area contributed by atoms with Crippen LogP contribution in [0.15, 0.2) is 72.8 Å². The molecule has 4 nitrogen and oxygen atoms in total. The van der Waals surface area contributed by atoms with Crippen LogP contribution in [0.3, 0.4) is 0 Å². The third-order valence-corrected chi connectivity index (χ3v) is 5.50. The zero-order chi connectivity index (χ0) is 19.7. The summed E-state index contributed by atoms with van der Waals surface area (Å²) in [6.45, 7) is 1.85. The van der Waals surface area contributed by atoms with E-state index in [1.54, 1.807) is 14.2 Å². The largest absolute Gasteiger partial charge is 0.497 e. The van der Waals surface area contributed by atoms with E-state index in [1.807, 2.05) is 79.7 Å². The van der Waals surface area contributed by atoms with E-state index in [2.05, 4.69) is 0 Å². The standard InChI is InChI=1S/C24H24O4/c1-24(25)20-15-19(27-3)13-14-21(20)28-23(17-9-11-18(26-2)12-10-17)22(24)16-7-5-4-6-8-16/h4-15,22-23,25H,1-3H3. The topological polar surface area (TPSA) is 47.9 Å². The second-order valence-electron chi connectivity index (χ2n) is 7.21. The highest BCUT2D eigenvalue weighted by Gasteiger charge is 2.47. The Balaban J connectivity index is 1.87. The Kier molecular flexibility index (Phi) is 4.73. The summed E-state index contributed by atoms with van der Waals surface area (Å²) in [5.74, 6) is 1.85. The van der Waals surface area contributed by atoms with Crippen LogP contribution in [-0.2, 0) is 5.60 Å². The summed E-state index contributed by atoms with van der Waals surface area (Å²) in [6.07, 6.45) is -0.343. The quantitative estimate of drug-likeness (QED) is 0.709. The van der Waals surface area contributed by atoms with E-state index in [0.717, 1.165) is 22.4 Å². The van der Waals surface area contributed by atoms with E-state index in [1.165, 1.54) is 0 Å². The number of hydrogen-bond donors (Lipinski definition) is 1. The Hall–Kier alpha value is -2.98. The lowest BCUT2D eigenvalue weighted by molar-refractivity contribution is -0.0427. The summed E-state index contributed by atoms with van der Waals surface area (Å²) >= 11 is 0. The molecule has 3 aromatic carbocycles. The van der Waals surface area contributed by atoms with Crippen molar-refractivity contribution in [2.45, 2.75) is 24.5 Å². The lowest BCUT2D eigenvalue weighted by Crippen LogP contribution is -2.40. The predicted molar refractivity (Wildman–Crippen MR) is 108 cm³/mol. The van der Waals surface area contributed by atoms with Gasteiger partial charge in [0.2, 0.25) is 0 Å². The lowest BCUT2D eigenvalue weighted by atomic mass is 9.71. The number of benzene rings is 3. The van der Waals surface area contributed by atoms with Gasteiger partial charge in [-0.15, -0.1) is 0 Å². The molecule has 3 unspecified atom stereocenters. The fourth-order valence-corrected chi connectivity index (χ4v) is 4.02. The van der Waals surface area contributed by atoms with Crippen molar-refractivity contribution in [1.82, 2.24) is 0 Å². The Morgan fingerprint density at radius 3 is 2.11 bits per heavy atom. The average molecular weight is 376 g/mol. The van der Waals surface area contributed by atoms with Gasteiger partial charge in [0, 0.05) is 5.56 Å². The molecule has 1 heterocycles. The van der Waals surface area contributed by atoms with Crippen molar-refractivity contribution in [2.75, 3.05) is 14.2 Å². The molecule has 0 saturated heterocycles. The molecule has 1 N–H and O–H groups in total. The zero-order valence-electron chi connectivity index (χ0n) is 16.3. The molecule has 0 saturated carbocycles. The van der Waals surface area contributed by atoms with Gasteiger partial charge >= 0.3 is 0 Å². The minimum atomic E-state index is -1.14. The van der Waals surface area contributed by atoms with Gasteiger partial charge in [-0.1, -0.05) is 42.5 Å². The summed E-state index contributed by atoms with van der Waals surface area (Å²) in [5, 5.41) is 11.7. The van der Waals surface area contributed by atoms with Gasteiger partial charge < -0.3 is 19.3 Å². The highest BCUT2D eigenvalue weighted by atomic mass is 16.5. The van der Waals surface area contributed by atoms with Crippen LogP contribution >= 0.6 is 0 Å². The highest BCUT2D eigenvalue weighted by molar-refractivity contribution is 5.49. The summed E-state index contributed by atoms with van der Waals surface area (Å²) in [5.41, 5.74) is 1.58. The maximum absolute atomic E-state index is 11.7. The van der Waals surface area contributed by atoms with Crippen molar-refractivity contribution in [3.63, 3.8) is 0 Å². The maximum Gasteiger partial charge on any atom is 0.134 e. The van der Waals surface area contributed by atoms with Crippen molar-refractivity contribution in [1.29, 1.82) is 0 Å². The fraction of sp³-hybridized carbons (Fsp3) is 0.250. The van der Waals surface area contributed by atoms with Crippen molar-refractivity contribution < 1.29 is 19.3 Å². The lowest BCUT2D eigenvalue weighted by Gasteiger charge is -2.44. The van der Waals surface area contributed by atoms with Gasteiger partial charge in [-0.05, 0) is 48.4 Å². The van der Waals surface area contributed by atoms with E-state index in [4.69, 9.17) is 14.2 Å². The molecular formula is C24H24O4. The Morgan fingerprint density at radius 2 is 1.46 bits per heavy atom. The minimum absolute atomic E-state index is 0.290. The molecule has 28 heavy (non-hydrogen) atoms. The molecule has 0 radical (unpaired) electrons. The average Bonchev–Trinajstić information content (AvgIpc) is 2.73. The van der Waals surface area contributed by atoms with Crippen molar-refractivity contribution >= 4 is 0 Å². The first kappa shape index (κ1) is 18.4. The van der Waals surface area contributed by atoms with E-state index in [-0.39, 0.29) is 12.0 Å². The highest BCUT2D eigenvalue weighted by Crippen LogP contribution is 2.53. The van der Waals surface area contributed by atoms with Gasteiger partial charge in [0.1, 0.15) is 29.0 Å². The number of hydrogen-bond acceptors (Lipinski definition) is 4. The van der Waals surface area contributed by atoms with Gasteiger partial charge in [0.25, 0.3) is 0 Å². The van der Waals surface area contributed by atoms with Gasteiger partial charge in [-0.3, -0.25) is 0 Å². The van der Waals surface area contributed by atoms with Crippen LogP contribution in [-0.4, -0.2) is 19.3 Å². The monoisotopic (exact) mass is 376 g/mol. The second-order valence-corrected chi connectivity index (χ2v) is 7.21. The molecule has 0 spiro atoms. The first-order valence-electron chi connectivity index (χ1n) is 9.31. The van der Waals surface area contributed by atoms with Crippen LogP contribution < -0.4 is 14.2 Å². The molecule has 3 aromatic rings. The third kappa shape index (κ3) is 3.10. The molecule has 1 aliphatic heterocycles. The number of rotatable bonds is 4. The Bertz CT molecular complexity index is 948. The molecule has 3 atom stereocenters. The number of ether oxygens (including phenoxy) is 3. The molecular weight excluding hydrogens is 352 g/mol. The SMILES string of the molecule is COc1ccc(C2Oc3ccc(OC)cc3C(C)(O)C2c2ccccc2)cc1. The van der Waals surface area contributed by atoms with Gasteiger partial charge in [0.05, 0.1) is 20.1 Å². The summed E-state index contributed by atoms with van der Waals surface area (Å²) in [6, 6.07) is 23.4. The van der Waals surface area contributed by atoms with E-state index >= 15 is 0 Å². The van der Waals surface area contributed by atoms with Crippen LogP contribution in [0.1, 0.15) is 35.6 Å². The van der Waals surface area contributed by atoms with Crippen molar-refractivity contribution in [2.24, 2.45) is 0 Å². The summed E-state index contributed by atoms with van der Waals surface area (Å²) < 4.78 is 17.1. The molecule has 0 bridgehead atoms. The van der Waals surface area contributed by atoms with Crippen LogP contribution in [0, 0.1) is 0 Å². The normalized spacial score (nSPS) is 23.4. The zero-order valence-corrected chi connectivity index (χ0v) is 16.3. The van der Waals surface area contributed by atoms with Gasteiger partial charge in [-0.25, -0.2) is 0 Å². The van der Waals surface area contributed by atoms with Crippen LogP contribution in [0.5, 0.6) is 17.2 Å². The second kappa shape index (κ2) is 7.21. The molecule has 1 aliphatic rings. The van der Waals surface area contributed by atoms with E-state index < -0.39 is 5.60 Å². The number of methoxy groups -OCH3 is 2. The Morgan fingerprint density at radius 1 is 0.821 bits per heavy atom. The maximum atomic E-state index is 11.7. The van der Waals surface area contributed by atoms with Crippen LogP contribution in [0.2, 0.25) is 0 Å². The molecule has 144 valence electrons. The number of fused-ring (bicyclic) bond motifs is 1. The van der Waals surface area contributed by atoms with Crippen LogP contribution in [0.25, 0.3) is 0 Å². The third-order valence-electron chi connectivity index (χ3n) is 5.50. The first-order chi connectivity index (χ1) is 13.5. The van der Waals surface area contributed by atoms with E-state index in [9.17, 15) is 5.11 Å². The van der Waals surface area contributed by atoms with Crippen molar-refractivity contribution in [3.8, 4) is 17.2 Å². The molecule has 4 heteroatoms. The molecule has 0 aliphatic carbocycles. The smallest absolute Gasteiger partial charge is 0.134 e. The molecule has 4 rings (SSSR count). The minimum Gasteiger partial charge on any atom is -0.497 e. The first-order valence-corrected chi connectivity index (χ1v) is 9.31. The van der Waals surface area contributed by atoms with Crippen molar-refractivity contribution in [3.05, 3.63) is 89.5 Å². The molecule has 0 fully saturated rings. The summed E-state index contributed by atoms with van der Waals surface area (Å²) in [4.78, 5) is 0. The number of aliphatic hydroxyl groups is 1. The van der Waals surface area contributed by atoms with Gasteiger partial charge in [-0.2, -0.15) is 0 Å². The molecule has 0 amide bonds. The van der Waals surface area contributed by atoms with Crippen LogP contribution in [0.4, 0.5) is 0 Å². The summed E-state index contributed by atoms with van der Waals surface area (Å²) in [7, 11) is 3.27. The molecule has 0 aromatic heterocycles. The Labute approximate surface area is 165 Å². The van der Waals surface area contributed by atoms with E-state index in [0.29, 0.717) is 11.5 Å².